The number of carbonyl (C=O) groups excluding carboxylic acids is 4. The van der Waals surface area contributed by atoms with E-state index in [1.54, 1.807) is 31.9 Å². The highest BCUT2D eigenvalue weighted by molar-refractivity contribution is 5.86. The molecular weight excluding hydrogens is 721 g/mol. The third kappa shape index (κ3) is 11.4. The Morgan fingerprint density at radius 1 is 0.930 bits per heavy atom. The molecule has 2 aromatic carbocycles. The van der Waals surface area contributed by atoms with E-state index in [-0.39, 0.29) is 35.7 Å². The molecule has 1 saturated heterocycles. The van der Waals surface area contributed by atoms with Crippen molar-refractivity contribution < 1.29 is 28.7 Å². The summed E-state index contributed by atoms with van der Waals surface area (Å²) in [6, 6.07) is 20.1. The molecule has 306 valence electrons. The van der Waals surface area contributed by atoms with Crippen molar-refractivity contribution in [2.75, 3.05) is 20.2 Å². The number of H-pyrrole nitrogens is 2. The third-order valence-corrected chi connectivity index (χ3v) is 10.5. The lowest BCUT2D eigenvalue weighted by Gasteiger charge is -2.33. The quantitative estimate of drug-likeness (QED) is 0.0964. The van der Waals surface area contributed by atoms with E-state index >= 15 is 0 Å². The van der Waals surface area contributed by atoms with Crippen molar-refractivity contribution in [2.45, 2.75) is 111 Å². The minimum absolute atomic E-state index is 0.127. The summed E-state index contributed by atoms with van der Waals surface area (Å²) >= 11 is 0. The predicted octanol–water partition coefficient (Wildman–Crippen LogP) is 8.67. The van der Waals surface area contributed by atoms with Crippen molar-refractivity contribution in [3.05, 3.63) is 78.4 Å². The monoisotopic (exact) mass is 780 g/mol. The minimum Gasteiger partial charge on any atom is -0.469 e. The van der Waals surface area contributed by atoms with Gasteiger partial charge in [0.2, 0.25) is 11.8 Å². The van der Waals surface area contributed by atoms with Crippen molar-refractivity contribution in [2.24, 2.45) is 11.8 Å². The van der Waals surface area contributed by atoms with Crippen LogP contribution >= 0.6 is 0 Å². The van der Waals surface area contributed by atoms with E-state index in [0.29, 0.717) is 51.1 Å². The van der Waals surface area contributed by atoms with Crippen molar-refractivity contribution >= 4 is 23.9 Å². The molecule has 3 atom stereocenters. The SMILES string of the molecule is CCCN(C(=O)C(CCCC(=O)OC)C(C)C)C(C)c1ccc(-c2ccc(-c3ccc(-c4cnc(CN5CCCC(NC(=O)OC(C)(C)C)C5=O)[nH]4)cc3)cc2)[nH]1. The number of benzene rings is 2. The molecular formula is C45H60N6O6. The van der Waals surface area contributed by atoms with Crippen LogP contribution in [-0.4, -0.2) is 80.5 Å². The van der Waals surface area contributed by atoms with Crippen LogP contribution in [0, 0.1) is 11.8 Å². The second-order valence-corrected chi connectivity index (χ2v) is 16.4. The van der Waals surface area contributed by atoms with Crippen LogP contribution in [0.2, 0.25) is 0 Å². The van der Waals surface area contributed by atoms with Crippen LogP contribution in [0.3, 0.4) is 0 Å². The molecule has 0 spiro atoms. The predicted molar refractivity (Wildman–Crippen MR) is 222 cm³/mol. The van der Waals surface area contributed by atoms with Gasteiger partial charge in [-0.15, -0.1) is 0 Å². The molecule has 0 bridgehead atoms. The Balaban J connectivity index is 1.19. The van der Waals surface area contributed by atoms with Crippen LogP contribution in [0.25, 0.3) is 33.6 Å². The molecule has 5 rings (SSSR count). The van der Waals surface area contributed by atoms with E-state index in [2.05, 4.69) is 109 Å². The zero-order valence-corrected chi connectivity index (χ0v) is 34.8. The lowest BCUT2D eigenvalue weighted by atomic mass is 9.88. The van der Waals surface area contributed by atoms with Gasteiger partial charge in [0.05, 0.1) is 31.6 Å². The Kier molecular flexibility index (Phi) is 14.4. The van der Waals surface area contributed by atoms with Gasteiger partial charge < -0.3 is 34.6 Å². The van der Waals surface area contributed by atoms with Crippen molar-refractivity contribution in [1.82, 2.24) is 30.1 Å². The summed E-state index contributed by atoms with van der Waals surface area (Å²) in [5, 5.41) is 2.73. The van der Waals surface area contributed by atoms with E-state index < -0.39 is 17.7 Å². The maximum absolute atomic E-state index is 13.9. The molecule has 0 saturated carbocycles. The Hall–Kier alpha value is -5.39. The Labute approximate surface area is 337 Å². The second kappa shape index (κ2) is 19.2. The number of likely N-dealkylation sites (tertiary alicyclic amines) is 1. The van der Waals surface area contributed by atoms with Crippen LogP contribution in [0.5, 0.6) is 0 Å². The van der Waals surface area contributed by atoms with Gasteiger partial charge in [0.1, 0.15) is 17.5 Å². The molecule has 4 aromatic rings. The number of nitrogens with one attached hydrogen (secondary N) is 3. The number of methoxy groups -OCH3 is 1. The highest BCUT2D eigenvalue weighted by atomic mass is 16.6. The zero-order valence-electron chi connectivity index (χ0n) is 34.8. The topological polar surface area (TPSA) is 150 Å². The summed E-state index contributed by atoms with van der Waals surface area (Å²) in [7, 11) is 1.39. The van der Waals surface area contributed by atoms with Gasteiger partial charge >= 0.3 is 12.1 Å². The standard InChI is InChI=1S/C45H60N6O6/c1-9-25-51(42(53)35(29(2)3)12-10-14-41(52)56-8)30(4)36-23-24-37(47-36)33-19-15-31(16-20-33)32-17-21-34(22-18-32)39-27-46-40(48-39)28-50-26-11-13-38(43(50)54)49-44(55)57-45(5,6)7/h15-24,27,29-30,35,38,47H,9-14,25-26,28H2,1-8H3,(H,46,48)(H,49,55). The Bertz CT molecular complexity index is 1960. The minimum atomic E-state index is -0.639. The summed E-state index contributed by atoms with van der Waals surface area (Å²) in [6.45, 7) is 15.3. The van der Waals surface area contributed by atoms with E-state index in [0.717, 1.165) is 52.2 Å². The van der Waals surface area contributed by atoms with Crippen LogP contribution in [0.4, 0.5) is 4.79 Å². The number of rotatable bonds is 16. The van der Waals surface area contributed by atoms with Crippen LogP contribution in [-0.2, 0) is 30.4 Å². The number of carbonyl (C=O) groups is 4. The van der Waals surface area contributed by atoms with E-state index in [1.807, 2.05) is 4.90 Å². The smallest absolute Gasteiger partial charge is 0.408 e. The van der Waals surface area contributed by atoms with E-state index in [4.69, 9.17) is 9.47 Å². The number of aromatic amines is 2. The van der Waals surface area contributed by atoms with Gasteiger partial charge in [0.25, 0.3) is 0 Å². The maximum atomic E-state index is 13.9. The average molecular weight is 781 g/mol. The molecule has 0 radical (unpaired) electrons. The first kappa shape index (κ1) is 42.7. The summed E-state index contributed by atoms with van der Waals surface area (Å²) in [5.74, 6) is 0.406. The first-order chi connectivity index (χ1) is 27.2. The highest BCUT2D eigenvalue weighted by Crippen LogP contribution is 2.31. The lowest BCUT2D eigenvalue weighted by molar-refractivity contribution is -0.142. The van der Waals surface area contributed by atoms with Crippen LogP contribution < -0.4 is 5.32 Å². The normalized spacial score (nSPS) is 15.6. The van der Waals surface area contributed by atoms with Gasteiger partial charge in [-0.1, -0.05) is 69.3 Å². The fraction of sp³-hybridized carbons (Fsp3) is 0.489. The number of ether oxygens (including phenoxy) is 2. The van der Waals surface area contributed by atoms with Crippen molar-refractivity contribution in [3.8, 4) is 33.6 Å². The first-order valence-electron chi connectivity index (χ1n) is 20.3. The molecule has 3 unspecified atom stereocenters. The van der Waals surface area contributed by atoms with E-state index in [1.165, 1.54) is 7.11 Å². The Morgan fingerprint density at radius 2 is 1.56 bits per heavy atom. The van der Waals surface area contributed by atoms with Gasteiger partial charge in [0, 0.05) is 36.8 Å². The van der Waals surface area contributed by atoms with Gasteiger partial charge in [-0.3, -0.25) is 14.4 Å². The molecule has 1 fully saturated rings. The first-order valence-corrected chi connectivity index (χ1v) is 20.3. The van der Waals surface area contributed by atoms with Crippen LogP contribution in [0.1, 0.15) is 105 Å². The maximum Gasteiger partial charge on any atom is 0.408 e. The third-order valence-electron chi connectivity index (χ3n) is 10.5. The average Bonchev–Trinajstić information content (AvgIpc) is 3.87. The molecule has 12 heteroatoms. The molecule has 12 nitrogen and oxygen atoms in total. The van der Waals surface area contributed by atoms with Gasteiger partial charge in [-0.25, -0.2) is 9.78 Å². The summed E-state index contributed by atoms with van der Waals surface area (Å²) in [6.07, 6.45) is 4.97. The van der Waals surface area contributed by atoms with E-state index in [9.17, 15) is 19.2 Å². The fourth-order valence-electron chi connectivity index (χ4n) is 7.39. The summed E-state index contributed by atoms with van der Waals surface area (Å²) in [4.78, 5) is 66.2. The lowest BCUT2D eigenvalue weighted by Crippen LogP contribution is -2.52. The van der Waals surface area contributed by atoms with Crippen molar-refractivity contribution in [1.29, 1.82) is 0 Å². The van der Waals surface area contributed by atoms with Crippen molar-refractivity contribution in [3.63, 3.8) is 0 Å². The van der Waals surface area contributed by atoms with Gasteiger partial charge in [-0.05, 0) is 100 Å². The largest absolute Gasteiger partial charge is 0.469 e. The molecule has 3 amide bonds. The number of aromatic nitrogens is 3. The fourth-order valence-corrected chi connectivity index (χ4v) is 7.39. The molecule has 57 heavy (non-hydrogen) atoms. The highest BCUT2D eigenvalue weighted by Gasteiger charge is 2.33. The molecule has 1 aliphatic heterocycles. The summed E-state index contributed by atoms with van der Waals surface area (Å²) < 4.78 is 10.1. The second-order valence-electron chi connectivity index (χ2n) is 16.4. The molecule has 0 aliphatic carbocycles. The molecule has 1 aliphatic rings. The van der Waals surface area contributed by atoms with Crippen LogP contribution in [0.15, 0.2) is 66.9 Å². The zero-order chi connectivity index (χ0) is 41.3. The van der Waals surface area contributed by atoms with Gasteiger partial charge in [0.15, 0.2) is 0 Å². The number of nitrogens with zero attached hydrogens (tertiary/aromatic N) is 3. The molecule has 3 N–H and O–H groups in total. The number of alkyl carbamates (subject to hydrolysis) is 1. The number of hydrogen-bond donors (Lipinski definition) is 3. The molecule has 2 aromatic heterocycles. The molecule has 3 heterocycles. The number of amides is 3. The number of imidazole rings is 1. The number of esters is 1. The van der Waals surface area contributed by atoms with Gasteiger partial charge in [-0.2, -0.15) is 0 Å². The Morgan fingerprint density at radius 3 is 2.16 bits per heavy atom. The number of piperidine rings is 1. The summed E-state index contributed by atoms with van der Waals surface area (Å²) in [5.41, 5.74) is 6.37. The number of hydrogen-bond acceptors (Lipinski definition) is 7.